The van der Waals surface area contributed by atoms with Crippen molar-refractivity contribution in [3.05, 3.63) is 36.0 Å². The molecule has 0 amide bonds. The first kappa shape index (κ1) is 14.7. The summed E-state index contributed by atoms with van der Waals surface area (Å²) in [5, 5.41) is 4.89. The highest BCUT2D eigenvalue weighted by molar-refractivity contribution is 5.84. The van der Waals surface area contributed by atoms with Crippen LogP contribution in [0.4, 0.5) is 0 Å². The molecule has 0 aliphatic heterocycles. The summed E-state index contributed by atoms with van der Waals surface area (Å²) in [4.78, 5) is 0. The molecule has 0 bridgehead atoms. The Labute approximate surface area is 122 Å². The number of para-hydroxylation sites is 1. The topological polar surface area (TPSA) is 17.0 Å². The summed E-state index contributed by atoms with van der Waals surface area (Å²) >= 11 is 0. The number of nitrogens with zero attached hydrogens (tertiary/aromatic N) is 1. The summed E-state index contributed by atoms with van der Waals surface area (Å²) in [5.74, 6) is 2.72. The van der Waals surface area contributed by atoms with Crippen molar-refractivity contribution in [2.75, 3.05) is 6.54 Å². The molecule has 2 heteroatoms. The number of fused-ring (bicyclic) bond motifs is 1. The fourth-order valence-electron chi connectivity index (χ4n) is 2.46. The molecule has 0 unspecified atom stereocenters. The summed E-state index contributed by atoms with van der Waals surface area (Å²) in [6.45, 7) is 8.48. The van der Waals surface area contributed by atoms with E-state index in [1.165, 1.54) is 16.5 Å². The van der Waals surface area contributed by atoms with Crippen LogP contribution in [-0.4, -0.2) is 16.7 Å². The Hall–Kier alpha value is -1.72. The summed E-state index contributed by atoms with van der Waals surface area (Å²) in [5.41, 5.74) is 2.85. The zero-order chi connectivity index (χ0) is 14.6. The molecule has 1 aromatic heterocycles. The van der Waals surface area contributed by atoms with Crippen LogP contribution in [0.3, 0.4) is 0 Å². The van der Waals surface area contributed by atoms with Crippen molar-refractivity contribution in [2.24, 2.45) is 0 Å². The molecule has 0 saturated carbocycles. The lowest BCUT2D eigenvalue weighted by atomic mass is 10.1. The largest absolute Gasteiger partial charge is 0.346 e. The Morgan fingerprint density at radius 2 is 2.00 bits per heavy atom. The molecule has 1 heterocycles. The van der Waals surface area contributed by atoms with Gasteiger partial charge in [0.25, 0.3) is 0 Å². The fourth-order valence-corrected chi connectivity index (χ4v) is 2.46. The number of benzene rings is 1. The van der Waals surface area contributed by atoms with Crippen LogP contribution in [0.1, 0.15) is 32.8 Å². The van der Waals surface area contributed by atoms with Gasteiger partial charge in [0.05, 0.1) is 0 Å². The Balaban J connectivity index is 2.18. The molecule has 1 aromatic carbocycles. The summed E-state index contributed by atoms with van der Waals surface area (Å²) < 4.78 is 2.28. The number of rotatable bonds is 5. The predicted octanol–water partition coefficient (Wildman–Crippen LogP) is 3.60. The molecule has 0 fully saturated rings. The SMILES string of the molecule is C#CCCn1cc(CCNC(C)(C)C)c2ccccc21. The van der Waals surface area contributed by atoms with Crippen LogP contribution in [0.15, 0.2) is 30.5 Å². The van der Waals surface area contributed by atoms with E-state index in [1.54, 1.807) is 0 Å². The lowest BCUT2D eigenvalue weighted by Crippen LogP contribution is -2.37. The number of hydrogen-bond donors (Lipinski definition) is 1. The molecule has 2 aromatic rings. The first-order chi connectivity index (χ1) is 9.51. The molecule has 1 N–H and O–H groups in total. The van der Waals surface area contributed by atoms with Gasteiger partial charge in [-0.3, -0.25) is 0 Å². The average Bonchev–Trinajstić information content (AvgIpc) is 2.74. The summed E-state index contributed by atoms with van der Waals surface area (Å²) in [7, 11) is 0. The Morgan fingerprint density at radius 3 is 2.70 bits per heavy atom. The molecule has 0 atom stereocenters. The summed E-state index contributed by atoms with van der Waals surface area (Å²) in [6.07, 6.45) is 9.46. The second-order valence-corrected chi connectivity index (χ2v) is 6.25. The molecule has 0 spiro atoms. The molecule has 2 rings (SSSR count). The van der Waals surface area contributed by atoms with Gasteiger partial charge in [0.2, 0.25) is 0 Å². The van der Waals surface area contributed by atoms with Gasteiger partial charge >= 0.3 is 0 Å². The second kappa shape index (κ2) is 6.15. The first-order valence-electron chi connectivity index (χ1n) is 7.26. The van der Waals surface area contributed by atoms with Crippen LogP contribution in [0.5, 0.6) is 0 Å². The Kier molecular flexibility index (Phi) is 4.52. The van der Waals surface area contributed by atoms with Crippen molar-refractivity contribution < 1.29 is 0 Å². The van der Waals surface area contributed by atoms with E-state index in [1.807, 2.05) is 0 Å². The fraction of sp³-hybridized carbons (Fsp3) is 0.444. The maximum absolute atomic E-state index is 5.38. The number of aryl methyl sites for hydroxylation is 1. The van der Waals surface area contributed by atoms with Gasteiger partial charge in [-0.2, -0.15) is 0 Å². The summed E-state index contributed by atoms with van der Waals surface area (Å²) in [6, 6.07) is 8.57. The van der Waals surface area contributed by atoms with E-state index < -0.39 is 0 Å². The van der Waals surface area contributed by atoms with Crippen molar-refractivity contribution in [3.8, 4) is 12.3 Å². The quantitative estimate of drug-likeness (QED) is 0.820. The molecule has 106 valence electrons. The van der Waals surface area contributed by atoms with Gasteiger partial charge in [-0.05, 0) is 45.4 Å². The minimum Gasteiger partial charge on any atom is -0.346 e. The van der Waals surface area contributed by atoms with Crippen LogP contribution in [0.25, 0.3) is 10.9 Å². The highest BCUT2D eigenvalue weighted by Crippen LogP contribution is 2.22. The van der Waals surface area contributed by atoms with Crippen LogP contribution in [0, 0.1) is 12.3 Å². The van der Waals surface area contributed by atoms with E-state index >= 15 is 0 Å². The molecule has 0 radical (unpaired) electrons. The second-order valence-electron chi connectivity index (χ2n) is 6.25. The van der Waals surface area contributed by atoms with Crippen LogP contribution in [0.2, 0.25) is 0 Å². The van der Waals surface area contributed by atoms with Crippen molar-refractivity contribution in [3.63, 3.8) is 0 Å². The lowest BCUT2D eigenvalue weighted by Gasteiger charge is -2.20. The molecular formula is C18H24N2. The highest BCUT2D eigenvalue weighted by atomic mass is 15.0. The predicted molar refractivity (Wildman–Crippen MR) is 86.8 cm³/mol. The average molecular weight is 268 g/mol. The number of nitrogens with one attached hydrogen (secondary N) is 1. The maximum atomic E-state index is 5.38. The van der Waals surface area contributed by atoms with E-state index in [2.05, 4.69) is 67.0 Å². The molecule has 0 aliphatic rings. The van der Waals surface area contributed by atoms with Crippen molar-refractivity contribution in [1.82, 2.24) is 9.88 Å². The van der Waals surface area contributed by atoms with E-state index in [4.69, 9.17) is 6.42 Å². The third kappa shape index (κ3) is 3.65. The maximum Gasteiger partial charge on any atom is 0.0483 e. The standard InChI is InChI=1S/C18H24N2/c1-5-6-13-20-14-15(11-12-19-18(2,3)4)16-9-7-8-10-17(16)20/h1,7-10,14,19H,6,11-13H2,2-4H3. The van der Waals surface area contributed by atoms with Gasteiger partial charge in [-0.1, -0.05) is 18.2 Å². The normalized spacial score (nSPS) is 11.7. The van der Waals surface area contributed by atoms with Gasteiger partial charge < -0.3 is 9.88 Å². The van der Waals surface area contributed by atoms with Crippen LogP contribution in [-0.2, 0) is 13.0 Å². The Morgan fingerprint density at radius 1 is 1.25 bits per heavy atom. The van der Waals surface area contributed by atoms with E-state index in [-0.39, 0.29) is 5.54 Å². The minimum absolute atomic E-state index is 0.168. The van der Waals surface area contributed by atoms with Gasteiger partial charge in [0.15, 0.2) is 0 Å². The molecular weight excluding hydrogens is 244 g/mol. The highest BCUT2D eigenvalue weighted by Gasteiger charge is 2.10. The third-order valence-corrected chi connectivity index (χ3v) is 3.42. The van der Waals surface area contributed by atoms with E-state index in [0.717, 1.165) is 25.9 Å². The van der Waals surface area contributed by atoms with Gasteiger partial charge in [-0.15, -0.1) is 12.3 Å². The number of terminal acetylenes is 1. The van der Waals surface area contributed by atoms with Crippen molar-refractivity contribution >= 4 is 10.9 Å². The van der Waals surface area contributed by atoms with Crippen LogP contribution < -0.4 is 5.32 Å². The third-order valence-electron chi connectivity index (χ3n) is 3.42. The molecule has 20 heavy (non-hydrogen) atoms. The molecule has 2 nitrogen and oxygen atoms in total. The van der Waals surface area contributed by atoms with Crippen LogP contribution >= 0.6 is 0 Å². The van der Waals surface area contributed by atoms with Gasteiger partial charge in [0.1, 0.15) is 0 Å². The number of aromatic nitrogens is 1. The number of hydrogen-bond acceptors (Lipinski definition) is 1. The monoisotopic (exact) mass is 268 g/mol. The molecule has 0 aliphatic carbocycles. The molecule has 0 saturated heterocycles. The smallest absolute Gasteiger partial charge is 0.0483 e. The van der Waals surface area contributed by atoms with Crippen molar-refractivity contribution in [1.29, 1.82) is 0 Å². The zero-order valence-electron chi connectivity index (χ0n) is 12.7. The van der Waals surface area contributed by atoms with Gasteiger partial charge in [0, 0.05) is 35.6 Å². The zero-order valence-corrected chi connectivity index (χ0v) is 12.7. The Bertz CT molecular complexity index is 608. The minimum atomic E-state index is 0.168. The van der Waals surface area contributed by atoms with Gasteiger partial charge in [-0.25, -0.2) is 0 Å². The first-order valence-corrected chi connectivity index (χ1v) is 7.26. The van der Waals surface area contributed by atoms with E-state index in [9.17, 15) is 0 Å². The van der Waals surface area contributed by atoms with Crippen molar-refractivity contribution in [2.45, 2.75) is 45.7 Å². The van der Waals surface area contributed by atoms with E-state index in [0.29, 0.717) is 0 Å². The lowest BCUT2D eigenvalue weighted by molar-refractivity contribution is 0.429.